The van der Waals surface area contributed by atoms with E-state index in [1.807, 2.05) is 12.2 Å². The Labute approximate surface area is 138 Å². The van der Waals surface area contributed by atoms with Crippen LogP contribution in [-0.2, 0) is 0 Å². The second kappa shape index (κ2) is 11.9. The van der Waals surface area contributed by atoms with Gasteiger partial charge in [0.15, 0.2) is 0 Å². The minimum Gasteiger partial charge on any atom is -0.387 e. The highest BCUT2D eigenvalue weighted by Gasteiger charge is 2.40. The maximum Gasteiger partial charge on any atom is 0.0902 e. The molecule has 0 spiro atoms. The zero-order valence-corrected chi connectivity index (χ0v) is 14.9. The molecule has 0 amide bonds. The molecule has 0 aromatic heterocycles. The van der Waals surface area contributed by atoms with Crippen LogP contribution in [0.4, 0.5) is 0 Å². The first kappa shape index (κ1) is 21.4. The van der Waals surface area contributed by atoms with Crippen molar-refractivity contribution in [2.45, 2.75) is 102 Å². The zero-order chi connectivity index (χ0) is 16.9. The van der Waals surface area contributed by atoms with Crippen LogP contribution in [0, 0.1) is 0 Å². The largest absolute Gasteiger partial charge is 0.387 e. The van der Waals surface area contributed by atoms with Crippen LogP contribution in [0.5, 0.6) is 0 Å². The predicted octanol–water partition coefficient (Wildman–Crippen LogP) is 5.54. The summed E-state index contributed by atoms with van der Waals surface area (Å²) in [5.74, 6) is 0. The molecule has 2 atom stereocenters. The SMILES string of the molecule is C=CCCCCCCCCC[C@](C)(O)[C@](C)(O)CCCC=C. The molecule has 0 bridgehead atoms. The lowest BCUT2D eigenvalue weighted by atomic mass is 9.78. The van der Waals surface area contributed by atoms with Crippen LogP contribution < -0.4 is 0 Å². The van der Waals surface area contributed by atoms with Crippen LogP contribution >= 0.6 is 0 Å². The Morgan fingerprint density at radius 2 is 1.00 bits per heavy atom. The summed E-state index contributed by atoms with van der Waals surface area (Å²) in [5, 5.41) is 21.1. The Bertz CT molecular complexity index is 292. The molecule has 0 aliphatic rings. The van der Waals surface area contributed by atoms with Gasteiger partial charge in [-0.3, -0.25) is 0 Å². The van der Waals surface area contributed by atoms with Gasteiger partial charge in [-0.1, -0.05) is 50.7 Å². The molecule has 0 unspecified atom stereocenters. The van der Waals surface area contributed by atoms with Crippen molar-refractivity contribution in [2.75, 3.05) is 0 Å². The third-order valence-electron chi connectivity index (χ3n) is 4.80. The first-order valence-corrected chi connectivity index (χ1v) is 9.04. The summed E-state index contributed by atoms with van der Waals surface area (Å²) in [6.45, 7) is 11.0. The Hall–Kier alpha value is -0.600. The van der Waals surface area contributed by atoms with Gasteiger partial charge in [0, 0.05) is 0 Å². The van der Waals surface area contributed by atoms with Crippen molar-refractivity contribution in [3.63, 3.8) is 0 Å². The van der Waals surface area contributed by atoms with Crippen LogP contribution in [0.25, 0.3) is 0 Å². The molecule has 130 valence electrons. The number of hydrogen-bond donors (Lipinski definition) is 2. The molecule has 0 aromatic rings. The molecule has 0 saturated heterocycles. The normalized spacial score (nSPS) is 16.7. The van der Waals surface area contributed by atoms with Gasteiger partial charge in [0.05, 0.1) is 11.2 Å². The molecule has 22 heavy (non-hydrogen) atoms. The van der Waals surface area contributed by atoms with E-state index in [0.29, 0.717) is 12.8 Å². The molecular weight excluding hydrogens is 272 g/mol. The fraction of sp³-hybridized carbons (Fsp3) is 0.800. The molecule has 0 aliphatic heterocycles. The van der Waals surface area contributed by atoms with Gasteiger partial charge in [0.1, 0.15) is 0 Å². The number of rotatable bonds is 15. The average molecular weight is 311 g/mol. The van der Waals surface area contributed by atoms with Crippen molar-refractivity contribution in [2.24, 2.45) is 0 Å². The van der Waals surface area contributed by atoms with E-state index < -0.39 is 11.2 Å². The molecule has 0 aliphatic carbocycles. The van der Waals surface area contributed by atoms with E-state index >= 15 is 0 Å². The lowest BCUT2D eigenvalue weighted by Crippen LogP contribution is -2.49. The van der Waals surface area contributed by atoms with E-state index in [4.69, 9.17) is 0 Å². The van der Waals surface area contributed by atoms with E-state index in [1.54, 1.807) is 13.8 Å². The molecule has 0 saturated carbocycles. The van der Waals surface area contributed by atoms with Crippen LogP contribution in [-0.4, -0.2) is 21.4 Å². The van der Waals surface area contributed by atoms with Gasteiger partial charge in [-0.25, -0.2) is 0 Å². The van der Waals surface area contributed by atoms with E-state index in [9.17, 15) is 10.2 Å². The van der Waals surface area contributed by atoms with Gasteiger partial charge in [-0.2, -0.15) is 0 Å². The second-order valence-corrected chi connectivity index (χ2v) is 7.03. The third-order valence-corrected chi connectivity index (χ3v) is 4.80. The summed E-state index contributed by atoms with van der Waals surface area (Å²) < 4.78 is 0. The highest BCUT2D eigenvalue weighted by Crippen LogP contribution is 2.32. The molecular formula is C20H38O2. The topological polar surface area (TPSA) is 40.5 Å². The first-order chi connectivity index (χ1) is 10.4. The smallest absolute Gasteiger partial charge is 0.0902 e. The molecule has 0 aromatic carbocycles. The van der Waals surface area contributed by atoms with Crippen LogP contribution in [0.1, 0.15) is 90.9 Å². The fourth-order valence-electron chi connectivity index (χ4n) is 2.77. The van der Waals surface area contributed by atoms with Gasteiger partial charge >= 0.3 is 0 Å². The number of hydrogen-bond acceptors (Lipinski definition) is 2. The van der Waals surface area contributed by atoms with E-state index in [1.165, 1.54) is 32.1 Å². The molecule has 2 N–H and O–H groups in total. The summed E-state index contributed by atoms with van der Waals surface area (Å²) in [7, 11) is 0. The van der Waals surface area contributed by atoms with E-state index in [2.05, 4.69) is 13.2 Å². The standard InChI is InChI=1S/C20H38O2/c1-5-7-9-10-11-12-13-14-16-18-20(4,22)19(3,21)17-15-8-6-2/h5-6,21-22H,1-2,7-18H2,3-4H3/t19-,20+/m1/s1. The van der Waals surface area contributed by atoms with Crippen molar-refractivity contribution in [3.05, 3.63) is 25.3 Å². The van der Waals surface area contributed by atoms with Crippen molar-refractivity contribution >= 4 is 0 Å². The highest BCUT2D eigenvalue weighted by molar-refractivity contribution is 4.93. The lowest BCUT2D eigenvalue weighted by molar-refractivity contribution is -0.140. The lowest BCUT2D eigenvalue weighted by Gasteiger charge is -2.39. The third kappa shape index (κ3) is 9.42. The number of aliphatic hydroxyl groups is 2. The number of allylic oxidation sites excluding steroid dienone is 2. The minimum atomic E-state index is -1.01. The quantitative estimate of drug-likeness (QED) is 0.308. The first-order valence-electron chi connectivity index (χ1n) is 9.04. The molecule has 0 fully saturated rings. The molecule has 2 nitrogen and oxygen atoms in total. The second-order valence-electron chi connectivity index (χ2n) is 7.03. The minimum absolute atomic E-state index is 0.620. The predicted molar refractivity (Wildman–Crippen MR) is 97.0 cm³/mol. The van der Waals surface area contributed by atoms with E-state index in [-0.39, 0.29) is 0 Å². The maximum absolute atomic E-state index is 10.6. The van der Waals surface area contributed by atoms with Gasteiger partial charge in [0.25, 0.3) is 0 Å². The van der Waals surface area contributed by atoms with E-state index in [0.717, 1.165) is 32.1 Å². The van der Waals surface area contributed by atoms with Gasteiger partial charge in [0.2, 0.25) is 0 Å². The van der Waals surface area contributed by atoms with Crippen LogP contribution in [0.15, 0.2) is 25.3 Å². The monoisotopic (exact) mass is 310 g/mol. The van der Waals surface area contributed by atoms with Gasteiger partial charge < -0.3 is 10.2 Å². The van der Waals surface area contributed by atoms with Crippen molar-refractivity contribution < 1.29 is 10.2 Å². The Balaban J connectivity index is 3.77. The summed E-state index contributed by atoms with van der Waals surface area (Å²) in [6, 6.07) is 0. The van der Waals surface area contributed by atoms with Crippen molar-refractivity contribution in [1.82, 2.24) is 0 Å². The summed E-state index contributed by atoms with van der Waals surface area (Å²) in [6.07, 6.45) is 16.5. The Kier molecular flexibility index (Phi) is 11.6. The molecule has 0 heterocycles. The van der Waals surface area contributed by atoms with Crippen LogP contribution in [0.2, 0.25) is 0 Å². The average Bonchev–Trinajstić information content (AvgIpc) is 2.45. The Morgan fingerprint density at radius 1 is 0.636 bits per heavy atom. The van der Waals surface area contributed by atoms with Crippen molar-refractivity contribution in [1.29, 1.82) is 0 Å². The summed E-state index contributed by atoms with van der Waals surface area (Å²) >= 11 is 0. The fourth-order valence-corrected chi connectivity index (χ4v) is 2.77. The van der Waals surface area contributed by atoms with Gasteiger partial charge in [-0.15, -0.1) is 13.2 Å². The zero-order valence-electron chi connectivity index (χ0n) is 14.9. The maximum atomic E-state index is 10.6. The summed E-state index contributed by atoms with van der Waals surface area (Å²) in [5.41, 5.74) is -2.02. The van der Waals surface area contributed by atoms with Crippen molar-refractivity contribution in [3.8, 4) is 0 Å². The van der Waals surface area contributed by atoms with Crippen LogP contribution in [0.3, 0.4) is 0 Å². The molecule has 2 heteroatoms. The molecule has 0 radical (unpaired) electrons. The molecule has 0 rings (SSSR count). The number of unbranched alkanes of at least 4 members (excludes halogenated alkanes) is 8. The van der Waals surface area contributed by atoms with Gasteiger partial charge in [-0.05, 0) is 52.4 Å². The summed E-state index contributed by atoms with van der Waals surface area (Å²) in [4.78, 5) is 0. The highest BCUT2D eigenvalue weighted by atomic mass is 16.4. The Morgan fingerprint density at radius 3 is 1.50 bits per heavy atom.